The number of carbonyl (C=O) groups is 2. The lowest BCUT2D eigenvalue weighted by molar-refractivity contribution is -0.131. The molecule has 33 heavy (non-hydrogen) atoms. The molecule has 170 valence electrons. The molecule has 0 saturated heterocycles. The van der Waals surface area contributed by atoms with Crippen LogP contribution in [0.2, 0.25) is 0 Å². The predicted molar refractivity (Wildman–Crippen MR) is 122 cm³/mol. The zero-order valence-corrected chi connectivity index (χ0v) is 18.5. The summed E-state index contributed by atoms with van der Waals surface area (Å²) in [5, 5.41) is 4.05. The Kier molecular flexibility index (Phi) is 6.00. The second-order valence-electron chi connectivity index (χ2n) is 8.00. The number of carbonyl (C=O) groups excluding carboxylic acids is 2. The number of hydrogen-bond acceptors (Lipinski definition) is 5. The van der Waals surface area contributed by atoms with Crippen LogP contribution < -0.4 is 15.7 Å². The van der Waals surface area contributed by atoms with Crippen molar-refractivity contribution in [2.24, 2.45) is 0 Å². The van der Waals surface area contributed by atoms with Crippen LogP contribution in [0.1, 0.15) is 29.2 Å². The highest BCUT2D eigenvalue weighted by molar-refractivity contribution is 5.91. The van der Waals surface area contributed by atoms with Gasteiger partial charge in [0.15, 0.2) is 0 Å². The molecule has 0 bridgehead atoms. The molecule has 0 unspecified atom stereocenters. The Morgan fingerprint density at radius 2 is 1.97 bits per heavy atom. The predicted octanol–water partition coefficient (Wildman–Crippen LogP) is 3.86. The number of rotatable bonds is 6. The van der Waals surface area contributed by atoms with Crippen LogP contribution in [0.4, 0.5) is 4.39 Å². The van der Waals surface area contributed by atoms with Gasteiger partial charge >= 0.3 is 11.6 Å². The van der Waals surface area contributed by atoms with E-state index in [-0.39, 0.29) is 29.5 Å². The molecule has 0 aliphatic heterocycles. The largest absolute Gasteiger partial charge is 0.426 e. The fourth-order valence-corrected chi connectivity index (χ4v) is 3.99. The molecule has 0 saturated carbocycles. The van der Waals surface area contributed by atoms with Gasteiger partial charge in [0.05, 0.1) is 17.4 Å². The number of H-pyrrole nitrogens is 1. The third kappa shape index (κ3) is 4.64. The van der Waals surface area contributed by atoms with Gasteiger partial charge in [0.25, 0.3) is 0 Å². The lowest BCUT2D eigenvalue weighted by Crippen LogP contribution is -2.29. The molecule has 0 spiro atoms. The van der Waals surface area contributed by atoms with Crippen LogP contribution in [0.15, 0.2) is 45.7 Å². The fraction of sp³-hybridized carbons (Fsp3) is 0.240. The number of benzene rings is 2. The van der Waals surface area contributed by atoms with E-state index >= 15 is 0 Å². The van der Waals surface area contributed by atoms with Crippen molar-refractivity contribution in [3.05, 3.63) is 75.0 Å². The first-order valence-corrected chi connectivity index (χ1v) is 10.5. The van der Waals surface area contributed by atoms with Crippen LogP contribution in [0.3, 0.4) is 0 Å². The van der Waals surface area contributed by atoms with Gasteiger partial charge in [-0.3, -0.25) is 9.59 Å². The summed E-state index contributed by atoms with van der Waals surface area (Å²) >= 11 is 0. The Bertz CT molecular complexity index is 1450. The number of hydrogen-bond donors (Lipinski definition) is 2. The SMILES string of the molecule is CC(=O)Oc1cc(C)cc2oc(=O)c(CC(=O)NCCc3c[nH]c4ccc(F)cc34)c(C)c12. The topological polar surface area (TPSA) is 101 Å². The van der Waals surface area contributed by atoms with Gasteiger partial charge < -0.3 is 19.5 Å². The van der Waals surface area contributed by atoms with Crippen LogP contribution in [0.5, 0.6) is 5.75 Å². The van der Waals surface area contributed by atoms with Crippen molar-refractivity contribution in [1.82, 2.24) is 10.3 Å². The third-order valence-corrected chi connectivity index (χ3v) is 5.52. The Hall–Kier alpha value is -3.94. The lowest BCUT2D eigenvalue weighted by Gasteiger charge is -2.12. The van der Waals surface area contributed by atoms with E-state index < -0.39 is 11.6 Å². The van der Waals surface area contributed by atoms with E-state index in [1.54, 1.807) is 38.2 Å². The second kappa shape index (κ2) is 8.90. The van der Waals surface area contributed by atoms with E-state index in [1.165, 1.54) is 19.1 Å². The summed E-state index contributed by atoms with van der Waals surface area (Å²) in [7, 11) is 0. The van der Waals surface area contributed by atoms with Gasteiger partial charge in [0.2, 0.25) is 5.91 Å². The zero-order valence-electron chi connectivity index (χ0n) is 18.5. The highest BCUT2D eigenvalue weighted by Crippen LogP contribution is 2.31. The standard InChI is InChI=1S/C25H23FN2O5/c1-13-8-21(32-15(3)29)24-14(2)18(25(31)33-22(24)9-13)11-23(30)27-7-6-16-12-28-20-5-4-17(26)10-19(16)20/h4-5,8-10,12,28H,6-7,11H2,1-3H3,(H,27,30). The normalized spacial score (nSPS) is 11.2. The first kappa shape index (κ1) is 22.3. The minimum Gasteiger partial charge on any atom is -0.426 e. The lowest BCUT2D eigenvalue weighted by atomic mass is 10.0. The molecule has 0 radical (unpaired) electrons. The average molecular weight is 450 g/mol. The number of aryl methyl sites for hydroxylation is 2. The van der Waals surface area contributed by atoms with Gasteiger partial charge in [-0.05, 0) is 67.3 Å². The Balaban J connectivity index is 1.52. The summed E-state index contributed by atoms with van der Waals surface area (Å²) in [6, 6.07) is 7.88. The number of nitrogens with one attached hydrogen (secondary N) is 2. The number of aromatic amines is 1. The van der Waals surface area contributed by atoms with Crippen molar-refractivity contribution in [2.75, 3.05) is 6.54 Å². The quantitative estimate of drug-likeness (QED) is 0.264. The van der Waals surface area contributed by atoms with Crippen LogP contribution in [0.25, 0.3) is 21.9 Å². The monoisotopic (exact) mass is 450 g/mol. The summed E-state index contributed by atoms with van der Waals surface area (Å²) in [6.07, 6.45) is 2.10. The molecule has 2 aromatic heterocycles. The molecule has 0 fully saturated rings. The Morgan fingerprint density at radius 3 is 2.73 bits per heavy atom. The molecule has 4 rings (SSSR count). The number of amides is 1. The third-order valence-electron chi connectivity index (χ3n) is 5.52. The second-order valence-corrected chi connectivity index (χ2v) is 8.00. The molecule has 2 heterocycles. The summed E-state index contributed by atoms with van der Waals surface area (Å²) in [4.78, 5) is 39.8. The number of aromatic nitrogens is 1. The summed E-state index contributed by atoms with van der Waals surface area (Å²) in [5.74, 6) is -0.887. The van der Waals surface area contributed by atoms with E-state index in [9.17, 15) is 18.8 Å². The van der Waals surface area contributed by atoms with Gasteiger partial charge in [0, 0.05) is 30.6 Å². The molecule has 0 atom stereocenters. The van der Waals surface area contributed by atoms with Crippen molar-refractivity contribution in [2.45, 2.75) is 33.6 Å². The van der Waals surface area contributed by atoms with E-state index in [0.29, 0.717) is 29.5 Å². The van der Waals surface area contributed by atoms with Crippen molar-refractivity contribution < 1.29 is 23.1 Å². The maximum absolute atomic E-state index is 13.5. The summed E-state index contributed by atoms with van der Waals surface area (Å²) in [5.41, 5.74) is 2.88. The Labute approximate surface area is 188 Å². The maximum atomic E-state index is 13.5. The first-order chi connectivity index (χ1) is 15.7. The molecule has 7 nitrogen and oxygen atoms in total. The Morgan fingerprint density at radius 1 is 1.18 bits per heavy atom. The van der Waals surface area contributed by atoms with E-state index in [2.05, 4.69) is 10.3 Å². The van der Waals surface area contributed by atoms with Crippen LogP contribution >= 0.6 is 0 Å². The maximum Gasteiger partial charge on any atom is 0.340 e. The molecular formula is C25H23FN2O5. The highest BCUT2D eigenvalue weighted by Gasteiger charge is 2.19. The van der Waals surface area contributed by atoms with Crippen LogP contribution in [0, 0.1) is 19.7 Å². The smallest absolute Gasteiger partial charge is 0.340 e. The minimum absolute atomic E-state index is 0.181. The van der Waals surface area contributed by atoms with E-state index in [0.717, 1.165) is 22.0 Å². The molecule has 0 aliphatic carbocycles. The van der Waals surface area contributed by atoms with Gasteiger partial charge in [-0.2, -0.15) is 0 Å². The minimum atomic E-state index is -0.610. The van der Waals surface area contributed by atoms with Gasteiger partial charge in [0.1, 0.15) is 17.1 Å². The zero-order chi connectivity index (χ0) is 23.7. The number of esters is 1. The number of ether oxygens (including phenoxy) is 1. The van der Waals surface area contributed by atoms with Gasteiger partial charge in [-0.15, -0.1) is 0 Å². The van der Waals surface area contributed by atoms with E-state index in [1.807, 2.05) is 0 Å². The molecule has 1 amide bonds. The van der Waals surface area contributed by atoms with Crippen molar-refractivity contribution in [1.29, 1.82) is 0 Å². The summed E-state index contributed by atoms with van der Waals surface area (Å²) in [6.45, 7) is 5.10. The molecule has 8 heteroatoms. The first-order valence-electron chi connectivity index (χ1n) is 10.5. The van der Waals surface area contributed by atoms with E-state index in [4.69, 9.17) is 9.15 Å². The van der Waals surface area contributed by atoms with Crippen LogP contribution in [-0.2, 0) is 22.4 Å². The summed E-state index contributed by atoms with van der Waals surface area (Å²) < 4.78 is 24.3. The molecular weight excluding hydrogens is 427 g/mol. The highest BCUT2D eigenvalue weighted by atomic mass is 19.1. The van der Waals surface area contributed by atoms with Gasteiger partial charge in [-0.1, -0.05) is 0 Å². The van der Waals surface area contributed by atoms with Crippen LogP contribution in [-0.4, -0.2) is 23.4 Å². The fourth-order valence-electron chi connectivity index (χ4n) is 3.99. The van der Waals surface area contributed by atoms with Crippen molar-refractivity contribution in [3.63, 3.8) is 0 Å². The molecule has 4 aromatic rings. The number of halogens is 1. The average Bonchev–Trinajstić information content (AvgIpc) is 3.12. The molecule has 2 aromatic carbocycles. The van der Waals surface area contributed by atoms with Crippen molar-refractivity contribution >= 4 is 33.7 Å². The number of fused-ring (bicyclic) bond motifs is 2. The van der Waals surface area contributed by atoms with Gasteiger partial charge in [-0.25, -0.2) is 9.18 Å². The molecule has 2 N–H and O–H groups in total. The van der Waals surface area contributed by atoms with Crippen molar-refractivity contribution in [3.8, 4) is 5.75 Å². The molecule has 0 aliphatic rings.